The van der Waals surface area contributed by atoms with Gasteiger partial charge in [0.15, 0.2) is 0 Å². The van der Waals surface area contributed by atoms with Crippen molar-refractivity contribution in [1.29, 1.82) is 5.26 Å². The number of aromatic nitrogens is 2. The molecular weight excluding hydrogens is 398 g/mol. The molecule has 1 atom stereocenters. The molecule has 1 fully saturated rings. The Morgan fingerprint density at radius 3 is 2.28 bits per heavy atom. The van der Waals surface area contributed by atoms with Crippen molar-refractivity contribution in [2.75, 3.05) is 38.6 Å². The number of hydrogen-bond donors (Lipinski definition) is 0. The van der Waals surface area contributed by atoms with Crippen LogP contribution in [0.4, 0.5) is 5.82 Å². The van der Waals surface area contributed by atoms with Crippen LogP contribution in [0.2, 0.25) is 0 Å². The minimum absolute atomic E-state index is 0.358. The van der Waals surface area contributed by atoms with E-state index in [0.29, 0.717) is 17.5 Å². The van der Waals surface area contributed by atoms with E-state index < -0.39 is 0 Å². The molecule has 6 nitrogen and oxygen atoms in total. The highest BCUT2D eigenvalue weighted by molar-refractivity contribution is 5.75. The predicted molar refractivity (Wildman–Crippen MR) is 126 cm³/mol. The zero-order chi connectivity index (χ0) is 22.1. The Balaban J connectivity index is 1.46. The number of anilines is 1. The van der Waals surface area contributed by atoms with Gasteiger partial charge in [0.05, 0.1) is 6.04 Å². The first-order valence-electron chi connectivity index (χ1n) is 11.4. The lowest BCUT2D eigenvalue weighted by molar-refractivity contribution is 0.157. The van der Waals surface area contributed by atoms with Crippen LogP contribution in [0.15, 0.2) is 54.6 Å². The van der Waals surface area contributed by atoms with Gasteiger partial charge in [0.1, 0.15) is 34.6 Å². The standard InChI is InChI=1S/C26H29N5O/c1-29-15-12-19(13-16-29)24-14-17-30(2)26-23(18-27)25(28-31(24)26)20-8-10-22(11-9-20)32-21-6-4-3-5-7-21/h3-11,19,24H,12-17H2,1-2H3/t24-/m0/s1. The largest absolute Gasteiger partial charge is 0.457 e. The van der Waals surface area contributed by atoms with Crippen molar-refractivity contribution in [2.24, 2.45) is 5.92 Å². The van der Waals surface area contributed by atoms with Crippen molar-refractivity contribution in [2.45, 2.75) is 25.3 Å². The van der Waals surface area contributed by atoms with E-state index in [4.69, 9.17) is 9.84 Å². The van der Waals surface area contributed by atoms with Crippen LogP contribution in [-0.4, -0.2) is 48.4 Å². The molecule has 1 aromatic heterocycles. The fourth-order valence-corrected chi connectivity index (χ4v) is 5.04. The van der Waals surface area contributed by atoms with Gasteiger partial charge in [-0.1, -0.05) is 18.2 Å². The minimum Gasteiger partial charge on any atom is -0.457 e. The molecule has 32 heavy (non-hydrogen) atoms. The summed E-state index contributed by atoms with van der Waals surface area (Å²) in [5.74, 6) is 3.14. The molecule has 0 aliphatic carbocycles. The molecule has 0 unspecified atom stereocenters. The number of hydrogen-bond acceptors (Lipinski definition) is 5. The van der Waals surface area contributed by atoms with E-state index in [1.807, 2.05) is 54.6 Å². The van der Waals surface area contributed by atoms with Gasteiger partial charge in [-0.3, -0.25) is 0 Å². The van der Waals surface area contributed by atoms with Gasteiger partial charge >= 0.3 is 0 Å². The second kappa shape index (κ2) is 8.68. The fraction of sp³-hybridized carbons (Fsp3) is 0.385. The molecule has 3 aromatic rings. The smallest absolute Gasteiger partial charge is 0.145 e. The Labute approximate surface area is 189 Å². The lowest BCUT2D eigenvalue weighted by Crippen LogP contribution is -2.39. The topological polar surface area (TPSA) is 57.3 Å². The molecule has 0 saturated carbocycles. The van der Waals surface area contributed by atoms with Gasteiger partial charge < -0.3 is 14.5 Å². The first kappa shape index (κ1) is 20.6. The summed E-state index contributed by atoms with van der Waals surface area (Å²) in [4.78, 5) is 4.59. The molecule has 0 amide bonds. The SMILES string of the molecule is CN1CCC([C@@H]2CCN(C)c3c(C#N)c(-c4ccc(Oc5ccccc5)cc4)nn32)CC1. The molecule has 0 spiro atoms. The summed E-state index contributed by atoms with van der Waals surface area (Å²) >= 11 is 0. The number of nitrogens with zero attached hydrogens (tertiary/aromatic N) is 5. The molecule has 164 valence electrons. The van der Waals surface area contributed by atoms with Gasteiger partial charge in [-0.15, -0.1) is 0 Å². The predicted octanol–water partition coefficient (Wildman–Crippen LogP) is 4.94. The monoisotopic (exact) mass is 427 g/mol. The van der Waals surface area contributed by atoms with Gasteiger partial charge in [-0.05, 0) is 81.7 Å². The summed E-state index contributed by atoms with van der Waals surface area (Å²) < 4.78 is 8.08. The van der Waals surface area contributed by atoms with Gasteiger partial charge in [-0.25, -0.2) is 4.68 Å². The summed E-state index contributed by atoms with van der Waals surface area (Å²) in [7, 11) is 4.26. The van der Waals surface area contributed by atoms with E-state index in [1.54, 1.807) is 0 Å². The van der Waals surface area contributed by atoms with Gasteiger partial charge in [0.25, 0.3) is 0 Å². The first-order chi connectivity index (χ1) is 15.6. The summed E-state index contributed by atoms with van der Waals surface area (Å²) in [5, 5.41) is 15.1. The number of rotatable bonds is 4. The Bertz CT molecular complexity index is 1110. The molecule has 0 bridgehead atoms. The molecule has 6 heteroatoms. The number of piperidine rings is 1. The highest BCUT2D eigenvalue weighted by Gasteiger charge is 2.35. The molecule has 5 rings (SSSR count). The maximum absolute atomic E-state index is 10.1. The third-order valence-electron chi connectivity index (χ3n) is 6.85. The van der Waals surface area contributed by atoms with E-state index in [0.717, 1.165) is 54.6 Å². The van der Waals surface area contributed by atoms with E-state index in [-0.39, 0.29) is 0 Å². The van der Waals surface area contributed by atoms with Crippen LogP contribution in [0.25, 0.3) is 11.3 Å². The van der Waals surface area contributed by atoms with Crippen molar-refractivity contribution in [3.63, 3.8) is 0 Å². The molecular formula is C26H29N5O. The van der Waals surface area contributed by atoms with Gasteiger partial charge in [0, 0.05) is 19.2 Å². The van der Waals surface area contributed by atoms with E-state index >= 15 is 0 Å². The van der Waals surface area contributed by atoms with Crippen LogP contribution in [0.3, 0.4) is 0 Å². The fourth-order valence-electron chi connectivity index (χ4n) is 5.04. The zero-order valence-corrected chi connectivity index (χ0v) is 18.7. The van der Waals surface area contributed by atoms with E-state index in [9.17, 15) is 5.26 Å². The van der Waals surface area contributed by atoms with Gasteiger partial charge in [-0.2, -0.15) is 10.4 Å². The summed E-state index contributed by atoms with van der Waals surface area (Å²) in [6.07, 6.45) is 3.45. The quantitative estimate of drug-likeness (QED) is 0.590. The number of benzene rings is 2. The highest BCUT2D eigenvalue weighted by atomic mass is 16.5. The maximum Gasteiger partial charge on any atom is 0.145 e. The van der Waals surface area contributed by atoms with Crippen LogP contribution < -0.4 is 9.64 Å². The van der Waals surface area contributed by atoms with Gasteiger partial charge in [0.2, 0.25) is 0 Å². The van der Waals surface area contributed by atoms with Crippen molar-refractivity contribution in [3.8, 4) is 28.8 Å². The number of nitriles is 1. The minimum atomic E-state index is 0.358. The normalized spacial score (nSPS) is 19.4. The van der Waals surface area contributed by atoms with Crippen molar-refractivity contribution in [1.82, 2.24) is 14.7 Å². The number of likely N-dealkylation sites (tertiary alicyclic amines) is 1. The summed E-state index contributed by atoms with van der Waals surface area (Å²) in [6, 6.07) is 20.4. The maximum atomic E-state index is 10.1. The average Bonchev–Trinajstić information content (AvgIpc) is 3.22. The van der Waals surface area contributed by atoms with Crippen LogP contribution in [0.1, 0.15) is 30.9 Å². The lowest BCUT2D eigenvalue weighted by Gasteiger charge is -2.39. The second-order valence-electron chi connectivity index (χ2n) is 8.96. The molecule has 0 radical (unpaired) electrons. The molecule has 2 aromatic carbocycles. The Morgan fingerprint density at radius 2 is 1.59 bits per heavy atom. The molecule has 0 N–H and O–H groups in total. The Morgan fingerprint density at radius 1 is 0.906 bits per heavy atom. The van der Waals surface area contributed by atoms with Crippen molar-refractivity contribution in [3.05, 3.63) is 60.2 Å². The summed E-state index contributed by atoms with van der Waals surface area (Å²) in [5.41, 5.74) is 2.38. The Hall–Kier alpha value is -3.30. The van der Waals surface area contributed by atoms with Crippen LogP contribution >= 0.6 is 0 Å². The lowest BCUT2D eigenvalue weighted by atomic mass is 9.87. The number of para-hydroxylation sites is 1. The number of fused-ring (bicyclic) bond motifs is 1. The highest BCUT2D eigenvalue weighted by Crippen LogP contribution is 2.41. The number of ether oxygens (including phenoxy) is 1. The van der Waals surface area contributed by atoms with Crippen molar-refractivity contribution >= 4 is 5.82 Å². The average molecular weight is 428 g/mol. The first-order valence-corrected chi connectivity index (χ1v) is 11.4. The van der Waals surface area contributed by atoms with Crippen LogP contribution in [-0.2, 0) is 0 Å². The molecule has 1 saturated heterocycles. The molecule has 2 aliphatic rings. The summed E-state index contributed by atoms with van der Waals surface area (Å²) in [6.45, 7) is 3.23. The Kier molecular flexibility index (Phi) is 5.59. The molecule has 3 heterocycles. The van der Waals surface area contributed by atoms with Crippen molar-refractivity contribution < 1.29 is 4.74 Å². The molecule has 2 aliphatic heterocycles. The third kappa shape index (κ3) is 3.85. The van der Waals surface area contributed by atoms with Crippen LogP contribution in [0.5, 0.6) is 11.5 Å². The zero-order valence-electron chi connectivity index (χ0n) is 18.7. The second-order valence-corrected chi connectivity index (χ2v) is 8.96. The van der Waals surface area contributed by atoms with Crippen LogP contribution in [0, 0.1) is 17.2 Å². The van der Waals surface area contributed by atoms with E-state index in [1.165, 1.54) is 12.8 Å². The van der Waals surface area contributed by atoms with E-state index in [2.05, 4.69) is 34.6 Å². The third-order valence-corrected chi connectivity index (χ3v) is 6.85.